The van der Waals surface area contributed by atoms with Crippen LogP contribution in [0.4, 0.5) is 0 Å². The number of cyclic esters (lactones) is 1. The topological polar surface area (TPSA) is 84.5 Å². The van der Waals surface area contributed by atoms with Crippen molar-refractivity contribution in [3.63, 3.8) is 0 Å². The Balaban J connectivity index is 1.67. The summed E-state index contributed by atoms with van der Waals surface area (Å²) in [6, 6.07) is 9.73. The molecule has 3 rings (SSSR count). The number of benzene rings is 1. The number of allylic oxidation sites excluding steroid dienone is 2. The van der Waals surface area contributed by atoms with Gasteiger partial charge >= 0.3 is 5.97 Å². The van der Waals surface area contributed by atoms with Crippen LogP contribution in [-0.2, 0) is 25.5 Å². The molecule has 0 bridgehead atoms. The number of ether oxygens (including phenoxy) is 1. The zero-order valence-electron chi connectivity index (χ0n) is 18.2. The SMILES string of the molecule is O=C(C[C@H]1CC=CCCCC(=O)OC[C@@H](Cc2ccccc2)NC1=O)NC1CCCC1. The molecule has 1 aliphatic heterocycles. The largest absolute Gasteiger partial charge is 0.463 e. The first-order chi connectivity index (χ1) is 15.1. The van der Waals surface area contributed by atoms with Gasteiger partial charge in [0.25, 0.3) is 0 Å². The lowest BCUT2D eigenvalue weighted by molar-refractivity contribution is -0.145. The molecular formula is C25H34N2O4. The number of amides is 2. The van der Waals surface area contributed by atoms with Crippen LogP contribution in [0.25, 0.3) is 0 Å². The van der Waals surface area contributed by atoms with Gasteiger partial charge in [-0.15, -0.1) is 0 Å². The molecule has 2 atom stereocenters. The van der Waals surface area contributed by atoms with Gasteiger partial charge in [0.05, 0.1) is 12.0 Å². The normalized spacial score (nSPS) is 23.7. The van der Waals surface area contributed by atoms with E-state index in [1.54, 1.807) is 0 Å². The van der Waals surface area contributed by atoms with Gasteiger partial charge in [0.15, 0.2) is 0 Å². The quantitative estimate of drug-likeness (QED) is 0.558. The van der Waals surface area contributed by atoms with Gasteiger partial charge in [0, 0.05) is 18.9 Å². The van der Waals surface area contributed by atoms with Gasteiger partial charge in [-0.2, -0.15) is 0 Å². The number of hydrogen-bond donors (Lipinski definition) is 2. The van der Waals surface area contributed by atoms with Crippen molar-refractivity contribution in [3.8, 4) is 0 Å². The van der Waals surface area contributed by atoms with Gasteiger partial charge in [0.1, 0.15) is 6.61 Å². The van der Waals surface area contributed by atoms with E-state index in [0.29, 0.717) is 25.7 Å². The Kier molecular flexibility index (Phi) is 9.13. The lowest BCUT2D eigenvalue weighted by Crippen LogP contribution is -2.44. The van der Waals surface area contributed by atoms with Gasteiger partial charge < -0.3 is 15.4 Å². The molecule has 1 aromatic carbocycles. The minimum Gasteiger partial charge on any atom is -0.463 e. The zero-order chi connectivity index (χ0) is 21.9. The lowest BCUT2D eigenvalue weighted by Gasteiger charge is -2.23. The molecule has 31 heavy (non-hydrogen) atoms. The Morgan fingerprint density at radius 3 is 2.61 bits per heavy atom. The maximum absolute atomic E-state index is 13.1. The third kappa shape index (κ3) is 8.19. The molecule has 0 saturated heterocycles. The molecule has 1 fully saturated rings. The van der Waals surface area contributed by atoms with Crippen LogP contribution in [0.15, 0.2) is 42.5 Å². The monoisotopic (exact) mass is 426 g/mol. The van der Waals surface area contributed by atoms with Crippen molar-refractivity contribution in [2.45, 2.75) is 76.3 Å². The van der Waals surface area contributed by atoms with Crippen LogP contribution in [0.5, 0.6) is 0 Å². The van der Waals surface area contributed by atoms with Crippen LogP contribution in [-0.4, -0.2) is 36.5 Å². The van der Waals surface area contributed by atoms with Crippen LogP contribution in [0, 0.1) is 5.92 Å². The second kappa shape index (κ2) is 12.3. The maximum Gasteiger partial charge on any atom is 0.305 e. The smallest absolute Gasteiger partial charge is 0.305 e. The minimum absolute atomic E-state index is 0.0594. The summed E-state index contributed by atoms with van der Waals surface area (Å²) < 4.78 is 5.44. The Bertz CT molecular complexity index is 756. The van der Waals surface area contributed by atoms with Crippen molar-refractivity contribution >= 4 is 17.8 Å². The summed E-state index contributed by atoms with van der Waals surface area (Å²) in [5.74, 6) is -0.905. The fraction of sp³-hybridized carbons (Fsp3) is 0.560. The molecule has 0 aromatic heterocycles. The highest BCUT2D eigenvalue weighted by Gasteiger charge is 2.26. The summed E-state index contributed by atoms with van der Waals surface area (Å²) in [7, 11) is 0. The predicted molar refractivity (Wildman–Crippen MR) is 119 cm³/mol. The molecular weight excluding hydrogens is 392 g/mol. The molecule has 2 N–H and O–H groups in total. The highest BCUT2D eigenvalue weighted by Crippen LogP contribution is 2.19. The second-order valence-electron chi connectivity index (χ2n) is 8.63. The number of carbonyl (C=O) groups is 3. The van der Waals surface area contributed by atoms with Crippen molar-refractivity contribution in [2.24, 2.45) is 5.92 Å². The molecule has 1 saturated carbocycles. The molecule has 1 heterocycles. The third-order valence-electron chi connectivity index (χ3n) is 5.98. The van der Waals surface area contributed by atoms with Crippen LogP contribution in [0.1, 0.15) is 63.4 Å². The van der Waals surface area contributed by atoms with Gasteiger partial charge in [-0.05, 0) is 44.1 Å². The molecule has 2 amide bonds. The molecule has 0 radical (unpaired) electrons. The van der Waals surface area contributed by atoms with E-state index >= 15 is 0 Å². The van der Waals surface area contributed by atoms with Gasteiger partial charge in [-0.25, -0.2) is 0 Å². The molecule has 6 nitrogen and oxygen atoms in total. The van der Waals surface area contributed by atoms with E-state index in [1.807, 2.05) is 42.5 Å². The van der Waals surface area contributed by atoms with Crippen LogP contribution >= 0.6 is 0 Å². The first-order valence-electron chi connectivity index (χ1n) is 11.5. The van der Waals surface area contributed by atoms with Crippen molar-refractivity contribution in [1.82, 2.24) is 10.6 Å². The molecule has 0 spiro atoms. The summed E-state index contributed by atoms with van der Waals surface area (Å²) in [6.07, 6.45) is 11.4. The number of hydrogen-bond acceptors (Lipinski definition) is 4. The van der Waals surface area contributed by atoms with E-state index in [0.717, 1.165) is 37.7 Å². The van der Waals surface area contributed by atoms with Crippen molar-refractivity contribution in [1.29, 1.82) is 0 Å². The second-order valence-corrected chi connectivity index (χ2v) is 8.63. The van der Waals surface area contributed by atoms with E-state index in [2.05, 4.69) is 10.6 Å². The maximum atomic E-state index is 13.1. The standard InChI is InChI=1S/C25H34N2O4/c28-23(26-21-13-8-9-14-21)17-20-12-6-1-2-7-15-24(29)31-18-22(27-25(20)30)16-19-10-4-3-5-11-19/h1,3-6,10-11,20-22H,2,7-9,12-18H2,(H,26,28)(H,27,30)/t20-,22-/m1/s1. The Hall–Kier alpha value is -2.63. The molecule has 1 aliphatic carbocycles. The highest BCUT2D eigenvalue weighted by atomic mass is 16.5. The molecule has 168 valence electrons. The molecule has 6 heteroatoms. The first-order valence-corrected chi connectivity index (χ1v) is 11.5. The van der Waals surface area contributed by atoms with Crippen LogP contribution in [0.3, 0.4) is 0 Å². The predicted octanol–water partition coefficient (Wildman–Crippen LogP) is 3.45. The molecule has 0 unspecified atom stereocenters. The minimum atomic E-state index is -0.438. The van der Waals surface area contributed by atoms with Crippen molar-refractivity contribution in [3.05, 3.63) is 48.0 Å². The highest BCUT2D eigenvalue weighted by molar-refractivity contribution is 5.86. The molecule has 2 aliphatic rings. The fourth-order valence-corrected chi connectivity index (χ4v) is 4.24. The van der Waals surface area contributed by atoms with E-state index in [-0.39, 0.29) is 42.9 Å². The van der Waals surface area contributed by atoms with Crippen LogP contribution < -0.4 is 10.6 Å². The fourth-order valence-electron chi connectivity index (χ4n) is 4.24. The Morgan fingerprint density at radius 2 is 1.84 bits per heavy atom. The summed E-state index contributed by atoms with van der Waals surface area (Å²) in [5.41, 5.74) is 1.06. The average molecular weight is 427 g/mol. The van der Waals surface area contributed by atoms with E-state index < -0.39 is 5.92 Å². The van der Waals surface area contributed by atoms with Gasteiger partial charge in [0.2, 0.25) is 11.8 Å². The number of rotatable bonds is 5. The Morgan fingerprint density at radius 1 is 1.06 bits per heavy atom. The molecule has 1 aromatic rings. The average Bonchev–Trinajstić information content (AvgIpc) is 3.26. The van der Waals surface area contributed by atoms with Gasteiger partial charge in [-0.3, -0.25) is 14.4 Å². The van der Waals surface area contributed by atoms with E-state index in [4.69, 9.17) is 4.74 Å². The summed E-state index contributed by atoms with van der Waals surface area (Å²) in [4.78, 5) is 37.7. The number of esters is 1. The van der Waals surface area contributed by atoms with Crippen molar-refractivity contribution < 1.29 is 19.1 Å². The Labute approximate surface area is 184 Å². The van der Waals surface area contributed by atoms with E-state index in [1.165, 1.54) is 0 Å². The zero-order valence-corrected chi connectivity index (χ0v) is 18.2. The number of carbonyl (C=O) groups excluding carboxylic acids is 3. The third-order valence-corrected chi connectivity index (χ3v) is 5.98. The summed E-state index contributed by atoms with van der Waals surface area (Å²) in [6.45, 7) is 0.133. The van der Waals surface area contributed by atoms with Crippen molar-refractivity contribution in [2.75, 3.05) is 6.61 Å². The lowest BCUT2D eigenvalue weighted by atomic mass is 9.97. The summed E-state index contributed by atoms with van der Waals surface area (Å²) >= 11 is 0. The summed E-state index contributed by atoms with van der Waals surface area (Å²) in [5, 5.41) is 6.13. The number of nitrogens with one attached hydrogen (secondary N) is 2. The first kappa shape index (κ1) is 23.0. The van der Waals surface area contributed by atoms with Crippen LogP contribution in [0.2, 0.25) is 0 Å². The van der Waals surface area contributed by atoms with E-state index in [9.17, 15) is 14.4 Å². The van der Waals surface area contributed by atoms with Gasteiger partial charge in [-0.1, -0.05) is 55.3 Å².